The third-order valence-electron chi connectivity index (χ3n) is 3.78. The first-order chi connectivity index (χ1) is 12.5. The van der Waals surface area contributed by atoms with Crippen molar-refractivity contribution in [2.24, 2.45) is 0 Å². The van der Waals surface area contributed by atoms with Gasteiger partial charge in [-0.1, -0.05) is 0 Å². The van der Waals surface area contributed by atoms with Crippen LogP contribution >= 0.6 is 34.0 Å². The molecular formula is C17H13N3O3S3. The van der Waals surface area contributed by atoms with E-state index < -0.39 is 5.97 Å². The number of thiophene rings is 2. The smallest absolute Gasteiger partial charge is 0.349 e. The van der Waals surface area contributed by atoms with Crippen molar-refractivity contribution in [3.8, 4) is 10.6 Å². The number of carbonyl (C=O) groups is 1. The molecule has 0 aliphatic carbocycles. The van der Waals surface area contributed by atoms with E-state index in [1.807, 2.05) is 22.2 Å². The monoisotopic (exact) mass is 403 g/mol. The number of hydrogen-bond acceptors (Lipinski definition) is 8. The van der Waals surface area contributed by atoms with Gasteiger partial charge in [0.05, 0.1) is 11.1 Å². The number of nitrogens with zero attached hydrogens (tertiary/aromatic N) is 2. The summed E-state index contributed by atoms with van der Waals surface area (Å²) < 4.78 is 5.40. The molecule has 4 aromatic heterocycles. The van der Waals surface area contributed by atoms with Crippen LogP contribution in [0.4, 0.5) is 0 Å². The maximum absolute atomic E-state index is 12.5. The number of nitrogens with one attached hydrogen (secondary N) is 1. The van der Waals surface area contributed by atoms with Gasteiger partial charge in [0, 0.05) is 16.3 Å². The fourth-order valence-electron chi connectivity index (χ4n) is 2.54. The normalized spacial score (nSPS) is 11.2. The highest BCUT2D eigenvalue weighted by Crippen LogP contribution is 2.29. The molecule has 0 unspecified atom stereocenters. The highest BCUT2D eigenvalue weighted by Gasteiger charge is 2.20. The molecule has 4 heterocycles. The lowest BCUT2D eigenvalue weighted by Gasteiger charge is -2.01. The van der Waals surface area contributed by atoms with Crippen molar-refractivity contribution in [3.05, 3.63) is 54.5 Å². The van der Waals surface area contributed by atoms with Gasteiger partial charge < -0.3 is 9.72 Å². The molecular weight excluding hydrogens is 390 g/mol. The fraction of sp³-hybridized carbons (Fsp3) is 0.176. The topological polar surface area (TPSA) is 84.9 Å². The molecule has 0 aliphatic heterocycles. The van der Waals surface area contributed by atoms with Gasteiger partial charge >= 0.3 is 5.97 Å². The van der Waals surface area contributed by atoms with Crippen LogP contribution < -0.4 is 5.56 Å². The minimum absolute atomic E-state index is 0.0932. The Morgan fingerprint density at radius 3 is 2.88 bits per heavy atom. The van der Waals surface area contributed by atoms with Crippen LogP contribution in [0, 0.1) is 13.8 Å². The maximum Gasteiger partial charge on any atom is 0.349 e. The van der Waals surface area contributed by atoms with Crippen molar-refractivity contribution >= 4 is 50.2 Å². The van der Waals surface area contributed by atoms with E-state index in [9.17, 15) is 9.59 Å². The number of aromatic amines is 1. The molecule has 0 amide bonds. The minimum atomic E-state index is -0.465. The molecule has 0 saturated heterocycles. The molecule has 4 rings (SSSR count). The number of hydrogen-bond donors (Lipinski definition) is 1. The first kappa shape index (κ1) is 17.1. The van der Waals surface area contributed by atoms with Crippen LogP contribution in [-0.2, 0) is 11.3 Å². The average Bonchev–Trinajstić information content (AvgIpc) is 3.32. The summed E-state index contributed by atoms with van der Waals surface area (Å²) >= 11 is 4.31. The first-order valence-corrected chi connectivity index (χ1v) is 10.3. The van der Waals surface area contributed by atoms with Crippen molar-refractivity contribution in [1.82, 2.24) is 15.0 Å². The Labute approximate surface area is 160 Å². The van der Waals surface area contributed by atoms with E-state index in [1.165, 1.54) is 22.7 Å². The van der Waals surface area contributed by atoms with Crippen molar-refractivity contribution in [1.29, 1.82) is 0 Å². The summed E-state index contributed by atoms with van der Waals surface area (Å²) in [6, 6.07) is 2.01. The summed E-state index contributed by atoms with van der Waals surface area (Å²) in [4.78, 5) is 37.0. The zero-order valence-electron chi connectivity index (χ0n) is 13.9. The number of carbonyl (C=O) groups excluding carboxylic acids is 1. The molecule has 4 aromatic rings. The molecule has 9 heteroatoms. The number of aryl methyl sites for hydroxylation is 2. The van der Waals surface area contributed by atoms with Crippen LogP contribution in [0.3, 0.4) is 0 Å². The lowest BCUT2D eigenvalue weighted by Crippen LogP contribution is -2.10. The van der Waals surface area contributed by atoms with Gasteiger partial charge in [0.1, 0.15) is 27.1 Å². The lowest BCUT2D eigenvalue weighted by molar-refractivity contribution is 0.0473. The molecule has 26 heavy (non-hydrogen) atoms. The van der Waals surface area contributed by atoms with Crippen LogP contribution in [0.1, 0.15) is 26.8 Å². The zero-order valence-corrected chi connectivity index (χ0v) is 16.3. The molecule has 0 aliphatic rings. The minimum Gasteiger partial charge on any atom is -0.455 e. The molecule has 0 atom stereocenters. The lowest BCUT2D eigenvalue weighted by atomic mass is 10.2. The number of rotatable bonds is 4. The van der Waals surface area contributed by atoms with E-state index in [2.05, 4.69) is 15.0 Å². The zero-order chi connectivity index (χ0) is 18.3. The van der Waals surface area contributed by atoms with Crippen LogP contribution in [0.25, 0.3) is 20.8 Å². The summed E-state index contributed by atoms with van der Waals surface area (Å²) in [6.45, 7) is 3.54. The molecule has 0 radical (unpaired) electrons. The number of esters is 1. The Morgan fingerprint density at radius 1 is 1.27 bits per heavy atom. The van der Waals surface area contributed by atoms with Crippen LogP contribution in [0.2, 0.25) is 0 Å². The number of thiazole rings is 1. The summed E-state index contributed by atoms with van der Waals surface area (Å²) in [7, 11) is 0. The van der Waals surface area contributed by atoms with Gasteiger partial charge in [-0.2, -0.15) is 11.3 Å². The van der Waals surface area contributed by atoms with Crippen molar-refractivity contribution < 1.29 is 9.53 Å². The number of fused-ring (bicyclic) bond motifs is 1. The summed E-state index contributed by atoms with van der Waals surface area (Å²) in [5.41, 5.74) is 2.13. The van der Waals surface area contributed by atoms with Gasteiger partial charge in [-0.3, -0.25) is 4.79 Å². The van der Waals surface area contributed by atoms with Gasteiger partial charge in [-0.25, -0.2) is 14.8 Å². The quantitative estimate of drug-likeness (QED) is 0.518. The second-order valence-electron chi connectivity index (χ2n) is 5.62. The Morgan fingerprint density at radius 2 is 2.12 bits per heavy atom. The molecule has 0 saturated carbocycles. The molecule has 132 valence electrons. The van der Waals surface area contributed by atoms with Gasteiger partial charge in [0.2, 0.25) is 0 Å². The first-order valence-electron chi connectivity index (χ1n) is 7.67. The summed E-state index contributed by atoms with van der Waals surface area (Å²) in [5, 5.41) is 7.26. The Hall–Kier alpha value is -2.36. The van der Waals surface area contributed by atoms with Gasteiger partial charge in [-0.05, 0) is 30.9 Å². The predicted octanol–water partition coefficient (Wildman–Crippen LogP) is 4.14. The standard InChI is InChI=1S/C17H13N3O3S3/c1-8-12-14(21)18-9(2)19-16(12)26-13(8)17(22)23-5-11-7-25-15(20-11)10-3-4-24-6-10/h3-4,6-7H,5H2,1-2H3,(H,18,19,21). The van der Waals surface area contributed by atoms with Crippen LogP contribution in [0.5, 0.6) is 0 Å². The number of aromatic nitrogens is 3. The van der Waals surface area contributed by atoms with E-state index in [4.69, 9.17) is 4.74 Å². The fourth-order valence-corrected chi connectivity index (χ4v) is 5.18. The Kier molecular flexibility index (Phi) is 4.43. The molecule has 0 spiro atoms. The van der Waals surface area contributed by atoms with Crippen LogP contribution in [-0.4, -0.2) is 20.9 Å². The molecule has 0 aromatic carbocycles. The third kappa shape index (κ3) is 3.09. The van der Waals surface area contributed by atoms with E-state index in [0.29, 0.717) is 32.2 Å². The summed E-state index contributed by atoms with van der Waals surface area (Å²) in [6.07, 6.45) is 0. The number of H-pyrrole nitrogens is 1. The largest absolute Gasteiger partial charge is 0.455 e. The number of ether oxygens (including phenoxy) is 1. The van der Waals surface area contributed by atoms with E-state index in [0.717, 1.165) is 10.6 Å². The van der Waals surface area contributed by atoms with Gasteiger partial charge in [0.15, 0.2) is 0 Å². The second-order valence-corrected chi connectivity index (χ2v) is 8.26. The maximum atomic E-state index is 12.5. The van der Waals surface area contributed by atoms with E-state index >= 15 is 0 Å². The van der Waals surface area contributed by atoms with Crippen molar-refractivity contribution in [3.63, 3.8) is 0 Å². The predicted molar refractivity (Wildman–Crippen MR) is 104 cm³/mol. The third-order valence-corrected chi connectivity index (χ3v) is 6.56. The molecule has 0 bridgehead atoms. The highest BCUT2D eigenvalue weighted by atomic mass is 32.1. The second kappa shape index (κ2) is 6.75. The summed E-state index contributed by atoms with van der Waals surface area (Å²) in [5.74, 6) is 0.0553. The van der Waals surface area contributed by atoms with E-state index in [-0.39, 0.29) is 12.2 Å². The average molecular weight is 404 g/mol. The van der Waals surface area contributed by atoms with Crippen LogP contribution in [0.15, 0.2) is 27.0 Å². The Bertz CT molecular complexity index is 1160. The van der Waals surface area contributed by atoms with E-state index in [1.54, 1.807) is 25.2 Å². The Balaban J connectivity index is 1.54. The van der Waals surface area contributed by atoms with Crippen molar-refractivity contribution in [2.45, 2.75) is 20.5 Å². The van der Waals surface area contributed by atoms with Crippen molar-refractivity contribution in [2.75, 3.05) is 0 Å². The molecule has 1 N–H and O–H groups in total. The molecule has 0 fully saturated rings. The van der Waals surface area contributed by atoms with Gasteiger partial charge in [0.25, 0.3) is 5.56 Å². The van der Waals surface area contributed by atoms with Gasteiger partial charge in [-0.15, -0.1) is 22.7 Å². The molecule has 6 nitrogen and oxygen atoms in total. The SMILES string of the molecule is Cc1nc2sc(C(=O)OCc3csc(-c4ccsc4)n3)c(C)c2c(=O)[nH]1. The highest BCUT2D eigenvalue weighted by molar-refractivity contribution is 7.20.